The monoisotopic (exact) mass is 295 g/mol. The first-order valence-corrected chi connectivity index (χ1v) is 7.50. The largest absolute Gasteiger partial charge is 0.492 e. The van der Waals surface area contributed by atoms with Crippen LogP contribution < -0.4 is 10.1 Å². The molecule has 0 aliphatic heterocycles. The lowest BCUT2D eigenvalue weighted by Gasteiger charge is -2.14. The molecule has 0 aliphatic rings. The summed E-state index contributed by atoms with van der Waals surface area (Å²) in [7, 11) is 0. The third-order valence-corrected chi connectivity index (χ3v) is 4.01. The van der Waals surface area contributed by atoms with Gasteiger partial charge in [-0.15, -0.1) is 11.3 Å². The molecule has 1 atom stereocenters. The molecule has 0 saturated carbocycles. The normalized spacial score (nSPS) is 12.4. The summed E-state index contributed by atoms with van der Waals surface area (Å²) in [6.07, 6.45) is 0. The molecule has 0 amide bonds. The number of hydrogen-bond acceptors (Lipinski definition) is 3. The van der Waals surface area contributed by atoms with Gasteiger partial charge in [0.05, 0.1) is 4.34 Å². The lowest BCUT2D eigenvalue weighted by Crippen LogP contribution is -2.31. The van der Waals surface area contributed by atoms with Crippen molar-refractivity contribution in [1.82, 2.24) is 5.32 Å². The summed E-state index contributed by atoms with van der Waals surface area (Å²) < 4.78 is 6.56. The molecule has 1 heterocycles. The SMILES string of the molecule is Cc1ccc(OCC(C)NCc2ccc(Cl)s2)cc1. The standard InChI is InChI=1S/C15H18ClNOS/c1-11-3-5-13(6-4-11)18-10-12(2)17-9-14-7-8-15(16)19-14/h3-8,12,17H,9-10H2,1-2H3. The highest BCUT2D eigenvalue weighted by Crippen LogP contribution is 2.21. The highest BCUT2D eigenvalue weighted by atomic mass is 35.5. The first kappa shape index (κ1) is 14.4. The van der Waals surface area contributed by atoms with Crippen molar-refractivity contribution in [2.24, 2.45) is 0 Å². The van der Waals surface area contributed by atoms with Crippen LogP contribution in [0.4, 0.5) is 0 Å². The lowest BCUT2D eigenvalue weighted by atomic mass is 10.2. The van der Waals surface area contributed by atoms with Crippen molar-refractivity contribution >= 4 is 22.9 Å². The zero-order valence-corrected chi connectivity index (χ0v) is 12.7. The van der Waals surface area contributed by atoms with Gasteiger partial charge in [-0.1, -0.05) is 29.3 Å². The van der Waals surface area contributed by atoms with Crippen LogP contribution in [-0.4, -0.2) is 12.6 Å². The Labute approximate surface area is 123 Å². The van der Waals surface area contributed by atoms with Crippen LogP contribution in [0.5, 0.6) is 5.75 Å². The van der Waals surface area contributed by atoms with Crippen molar-refractivity contribution in [1.29, 1.82) is 0 Å². The molecular weight excluding hydrogens is 278 g/mol. The number of aryl methyl sites for hydroxylation is 1. The van der Waals surface area contributed by atoms with Gasteiger partial charge in [0, 0.05) is 17.5 Å². The minimum atomic E-state index is 0.294. The smallest absolute Gasteiger partial charge is 0.119 e. The topological polar surface area (TPSA) is 21.3 Å². The molecule has 2 rings (SSSR count). The van der Waals surface area contributed by atoms with Crippen molar-refractivity contribution in [3.63, 3.8) is 0 Å². The second-order valence-electron chi connectivity index (χ2n) is 4.61. The van der Waals surface area contributed by atoms with Gasteiger partial charge in [-0.05, 0) is 38.1 Å². The van der Waals surface area contributed by atoms with E-state index in [0.29, 0.717) is 12.6 Å². The third kappa shape index (κ3) is 4.86. The van der Waals surface area contributed by atoms with Crippen LogP contribution in [0.1, 0.15) is 17.4 Å². The summed E-state index contributed by atoms with van der Waals surface area (Å²) in [4.78, 5) is 1.24. The molecule has 0 fully saturated rings. The maximum absolute atomic E-state index is 5.90. The summed E-state index contributed by atoms with van der Waals surface area (Å²) in [5.74, 6) is 0.915. The maximum atomic E-state index is 5.90. The van der Waals surface area contributed by atoms with Crippen molar-refractivity contribution in [2.45, 2.75) is 26.4 Å². The van der Waals surface area contributed by atoms with Crippen LogP contribution in [0.25, 0.3) is 0 Å². The van der Waals surface area contributed by atoms with Gasteiger partial charge in [0.25, 0.3) is 0 Å². The second kappa shape index (κ2) is 6.94. The summed E-state index contributed by atoms with van der Waals surface area (Å²) in [6, 6.07) is 12.4. The Kier molecular flexibility index (Phi) is 5.25. The van der Waals surface area contributed by atoms with Crippen molar-refractivity contribution in [3.8, 4) is 5.75 Å². The molecule has 102 valence electrons. The van der Waals surface area contributed by atoms with Crippen LogP contribution >= 0.6 is 22.9 Å². The molecule has 0 saturated heterocycles. The van der Waals surface area contributed by atoms with E-state index >= 15 is 0 Å². The quantitative estimate of drug-likeness (QED) is 0.859. The molecule has 19 heavy (non-hydrogen) atoms. The molecule has 0 aliphatic carbocycles. The van der Waals surface area contributed by atoms with E-state index in [1.165, 1.54) is 10.4 Å². The molecule has 0 radical (unpaired) electrons. The van der Waals surface area contributed by atoms with E-state index in [0.717, 1.165) is 16.6 Å². The Balaban J connectivity index is 1.72. The van der Waals surface area contributed by atoms with Gasteiger partial charge in [-0.2, -0.15) is 0 Å². The third-order valence-electron chi connectivity index (χ3n) is 2.77. The van der Waals surface area contributed by atoms with E-state index in [1.54, 1.807) is 11.3 Å². The predicted molar refractivity (Wildman–Crippen MR) is 82.3 cm³/mol. The molecule has 1 aromatic carbocycles. The number of nitrogens with one attached hydrogen (secondary N) is 1. The Morgan fingerprint density at radius 1 is 1.21 bits per heavy atom. The molecule has 2 nitrogen and oxygen atoms in total. The number of hydrogen-bond donors (Lipinski definition) is 1. The van der Waals surface area contributed by atoms with Crippen LogP contribution in [0.15, 0.2) is 36.4 Å². The zero-order chi connectivity index (χ0) is 13.7. The van der Waals surface area contributed by atoms with Crippen LogP contribution in [0.3, 0.4) is 0 Å². The summed E-state index contributed by atoms with van der Waals surface area (Å²) in [5, 5.41) is 3.42. The highest BCUT2D eigenvalue weighted by molar-refractivity contribution is 7.16. The minimum absolute atomic E-state index is 0.294. The van der Waals surface area contributed by atoms with Crippen molar-refractivity contribution < 1.29 is 4.74 Å². The second-order valence-corrected chi connectivity index (χ2v) is 6.41. The van der Waals surface area contributed by atoms with E-state index in [2.05, 4.69) is 31.3 Å². The number of halogens is 1. The Morgan fingerprint density at radius 2 is 1.95 bits per heavy atom. The molecule has 1 aromatic heterocycles. The van der Waals surface area contributed by atoms with E-state index < -0.39 is 0 Å². The Bertz CT molecular complexity index is 509. The Hall–Kier alpha value is -1.03. The van der Waals surface area contributed by atoms with Crippen molar-refractivity contribution in [3.05, 3.63) is 51.2 Å². The maximum Gasteiger partial charge on any atom is 0.119 e. The number of rotatable bonds is 6. The minimum Gasteiger partial charge on any atom is -0.492 e. The molecule has 2 aromatic rings. The van der Waals surface area contributed by atoms with Gasteiger partial charge in [0.2, 0.25) is 0 Å². The van der Waals surface area contributed by atoms with Gasteiger partial charge in [0.15, 0.2) is 0 Å². The fourth-order valence-electron chi connectivity index (χ4n) is 1.64. The summed E-state index contributed by atoms with van der Waals surface area (Å²) in [5.41, 5.74) is 1.24. The molecule has 4 heteroatoms. The fourth-order valence-corrected chi connectivity index (χ4v) is 2.67. The molecule has 1 N–H and O–H groups in total. The van der Waals surface area contributed by atoms with E-state index in [9.17, 15) is 0 Å². The van der Waals surface area contributed by atoms with E-state index in [-0.39, 0.29) is 0 Å². The van der Waals surface area contributed by atoms with Crippen LogP contribution in [0.2, 0.25) is 4.34 Å². The lowest BCUT2D eigenvalue weighted by molar-refractivity contribution is 0.273. The first-order chi connectivity index (χ1) is 9.13. The fraction of sp³-hybridized carbons (Fsp3) is 0.333. The number of thiophene rings is 1. The molecule has 0 bridgehead atoms. The average Bonchev–Trinajstić information content (AvgIpc) is 2.81. The van der Waals surface area contributed by atoms with Gasteiger partial charge < -0.3 is 10.1 Å². The van der Waals surface area contributed by atoms with Gasteiger partial charge in [0.1, 0.15) is 12.4 Å². The number of benzene rings is 1. The highest BCUT2D eigenvalue weighted by Gasteiger charge is 2.04. The van der Waals surface area contributed by atoms with Gasteiger partial charge >= 0.3 is 0 Å². The summed E-state index contributed by atoms with van der Waals surface area (Å²) >= 11 is 7.50. The van der Waals surface area contributed by atoms with Crippen LogP contribution in [0, 0.1) is 6.92 Å². The first-order valence-electron chi connectivity index (χ1n) is 6.30. The summed E-state index contributed by atoms with van der Waals surface area (Å²) in [6.45, 7) is 5.67. The Morgan fingerprint density at radius 3 is 2.58 bits per heavy atom. The average molecular weight is 296 g/mol. The molecular formula is C15H18ClNOS. The zero-order valence-electron chi connectivity index (χ0n) is 11.2. The van der Waals surface area contributed by atoms with Gasteiger partial charge in [-0.3, -0.25) is 0 Å². The van der Waals surface area contributed by atoms with Crippen molar-refractivity contribution in [2.75, 3.05) is 6.61 Å². The predicted octanol–water partition coefficient (Wildman–Crippen LogP) is 4.27. The molecule has 0 spiro atoms. The van der Waals surface area contributed by atoms with E-state index in [4.69, 9.17) is 16.3 Å². The van der Waals surface area contributed by atoms with Crippen LogP contribution in [-0.2, 0) is 6.54 Å². The number of ether oxygens (including phenoxy) is 1. The van der Waals surface area contributed by atoms with Gasteiger partial charge in [-0.25, -0.2) is 0 Å². The molecule has 1 unspecified atom stereocenters. The van der Waals surface area contributed by atoms with E-state index in [1.807, 2.05) is 24.3 Å².